The zero-order valence-electron chi connectivity index (χ0n) is 10.4. The van der Waals surface area contributed by atoms with Crippen molar-refractivity contribution >= 4 is 29.1 Å². The zero-order valence-corrected chi connectivity index (χ0v) is 11.9. The second-order valence-electron chi connectivity index (χ2n) is 4.34. The summed E-state index contributed by atoms with van der Waals surface area (Å²) >= 11 is 12.1. The third-order valence-corrected chi connectivity index (χ3v) is 3.68. The van der Waals surface area contributed by atoms with Crippen molar-refractivity contribution in [1.29, 1.82) is 0 Å². The second kappa shape index (κ2) is 5.64. The molecule has 0 aliphatic rings. The highest BCUT2D eigenvalue weighted by molar-refractivity contribution is 6.35. The van der Waals surface area contributed by atoms with Gasteiger partial charge in [0.1, 0.15) is 0 Å². The molecule has 2 aromatic rings. The van der Waals surface area contributed by atoms with Crippen molar-refractivity contribution in [2.75, 3.05) is 0 Å². The first-order valence-corrected chi connectivity index (χ1v) is 6.60. The van der Waals surface area contributed by atoms with E-state index in [0.29, 0.717) is 15.6 Å². The average molecular weight is 294 g/mol. The molecule has 0 fully saturated rings. The van der Waals surface area contributed by atoms with Gasteiger partial charge in [0.2, 0.25) is 5.91 Å². The highest BCUT2D eigenvalue weighted by atomic mass is 35.5. The van der Waals surface area contributed by atoms with Crippen molar-refractivity contribution in [3.63, 3.8) is 0 Å². The number of benzene rings is 2. The fourth-order valence-electron chi connectivity index (χ4n) is 2.12. The molecule has 0 saturated carbocycles. The molecule has 1 unspecified atom stereocenters. The third kappa shape index (κ3) is 2.91. The normalized spacial score (nSPS) is 12.2. The zero-order chi connectivity index (χ0) is 14.0. The molecule has 0 aliphatic heterocycles. The Labute approximate surface area is 122 Å². The molecule has 1 atom stereocenters. The molecule has 0 heterocycles. The smallest absolute Gasteiger partial charge is 0.248 e. The maximum absolute atomic E-state index is 11.5. The van der Waals surface area contributed by atoms with E-state index in [2.05, 4.69) is 0 Å². The molecule has 4 heteroatoms. The lowest BCUT2D eigenvalue weighted by molar-refractivity contribution is 0.0999. The van der Waals surface area contributed by atoms with Crippen molar-refractivity contribution in [3.05, 3.63) is 69.2 Å². The first kappa shape index (κ1) is 13.9. The molecule has 0 aliphatic carbocycles. The minimum atomic E-state index is -0.437. The number of primary amides is 1. The van der Waals surface area contributed by atoms with Crippen LogP contribution in [0.4, 0.5) is 0 Å². The Bertz CT molecular complexity index is 625. The summed E-state index contributed by atoms with van der Waals surface area (Å²) in [5.41, 5.74) is 7.69. The van der Waals surface area contributed by atoms with Gasteiger partial charge in [-0.05, 0) is 29.3 Å². The van der Waals surface area contributed by atoms with E-state index in [1.165, 1.54) is 0 Å². The molecule has 0 aromatic heterocycles. The van der Waals surface area contributed by atoms with Crippen molar-refractivity contribution < 1.29 is 4.79 Å². The third-order valence-electron chi connectivity index (χ3n) is 3.12. The predicted molar refractivity (Wildman–Crippen MR) is 78.9 cm³/mol. The number of nitrogens with two attached hydrogens (primary N) is 1. The number of rotatable bonds is 3. The van der Waals surface area contributed by atoms with Gasteiger partial charge in [-0.1, -0.05) is 54.4 Å². The first-order chi connectivity index (χ1) is 9.00. The molecular weight excluding hydrogens is 281 g/mol. The number of carbonyl (C=O) groups is 1. The molecule has 2 rings (SSSR count). The van der Waals surface area contributed by atoms with Gasteiger partial charge in [-0.2, -0.15) is 0 Å². The van der Waals surface area contributed by atoms with E-state index in [4.69, 9.17) is 28.9 Å². The monoisotopic (exact) mass is 293 g/mol. The van der Waals surface area contributed by atoms with Gasteiger partial charge in [-0.25, -0.2) is 0 Å². The number of hydrogen-bond donors (Lipinski definition) is 1. The van der Waals surface area contributed by atoms with Crippen LogP contribution in [0.5, 0.6) is 0 Å². The Morgan fingerprint density at radius 2 is 1.79 bits per heavy atom. The summed E-state index contributed by atoms with van der Waals surface area (Å²) in [7, 11) is 0. The van der Waals surface area contributed by atoms with E-state index in [0.717, 1.165) is 11.1 Å². The molecular formula is C15H13Cl2NO. The van der Waals surface area contributed by atoms with Gasteiger partial charge in [-0.3, -0.25) is 4.79 Å². The molecule has 2 aromatic carbocycles. The summed E-state index contributed by atoms with van der Waals surface area (Å²) in [6.07, 6.45) is 0. The maximum atomic E-state index is 11.5. The van der Waals surface area contributed by atoms with Gasteiger partial charge < -0.3 is 5.73 Å². The lowest BCUT2D eigenvalue weighted by Crippen LogP contribution is -2.15. The summed E-state index contributed by atoms with van der Waals surface area (Å²) in [4.78, 5) is 11.5. The number of hydrogen-bond acceptors (Lipinski definition) is 1. The van der Waals surface area contributed by atoms with Crippen LogP contribution in [-0.4, -0.2) is 5.91 Å². The van der Waals surface area contributed by atoms with Crippen molar-refractivity contribution in [2.45, 2.75) is 12.8 Å². The van der Waals surface area contributed by atoms with Crippen LogP contribution in [0.3, 0.4) is 0 Å². The second-order valence-corrected chi connectivity index (χ2v) is 5.18. The SMILES string of the molecule is CC(c1ccc(Cl)cc1Cl)c1ccccc1C(N)=O. The largest absolute Gasteiger partial charge is 0.366 e. The first-order valence-electron chi connectivity index (χ1n) is 5.84. The average Bonchev–Trinajstić information content (AvgIpc) is 2.38. The van der Waals surface area contributed by atoms with Gasteiger partial charge in [-0.15, -0.1) is 0 Å². The van der Waals surface area contributed by atoms with E-state index >= 15 is 0 Å². The standard InChI is InChI=1S/C15H13Cl2NO/c1-9(12-7-6-10(16)8-14(12)17)11-4-2-3-5-13(11)15(18)19/h2-9H,1H3,(H2,18,19). The van der Waals surface area contributed by atoms with Crippen LogP contribution in [0.2, 0.25) is 10.0 Å². The summed E-state index contributed by atoms with van der Waals surface area (Å²) in [5.74, 6) is -0.471. The molecule has 0 spiro atoms. The lowest BCUT2D eigenvalue weighted by Gasteiger charge is -2.17. The molecule has 98 valence electrons. The Morgan fingerprint density at radius 3 is 2.42 bits per heavy atom. The van der Waals surface area contributed by atoms with Crippen molar-refractivity contribution in [1.82, 2.24) is 0 Å². The minimum Gasteiger partial charge on any atom is -0.366 e. The molecule has 2 nitrogen and oxygen atoms in total. The Kier molecular flexibility index (Phi) is 4.13. The molecule has 0 radical (unpaired) electrons. The Hall–Kier alpha value is -1.51. The summed E-state index contributed by atoms with van der Waals surface area (Å²) in [6.45, 7) is 1.98. The van der Waals surface area contributed by atoms with Crippen LogP contribution >= 0.6 is 23.2 Å². The quantitative estimate of drug-likeness (QED) is 0.903. The van der Waals surface area contributed by atoms with Crippen LogP contribution < -0.4 is 5.73 Å². The van der Waals surface area contributed by atoms with Gasteiger partial charge >= 0.3 is 0 Å². The van der Waals surface area contributed by atoms with Gasteiger partial charge in [0.25, 0.3) is 0 Å². The van der Waals surface area contributed by atoms with Crippen LogP contribution in [0.25, 0.3) is 0 Å². The number of carbonyl (C=O) groups excluding carboxylic acids is 1. The van der Waals surface area contributed by atoms with Crippen molar-refractivity contribution in [3.8, 4) is 0 Å². The topological polar surface area (TPSA) is 43.1 Å². The van der Waals surface area contributed by atoms with E-state index in [9.17, 15) is 4.79 Å². The predicted octanol–water partition coefficient (Wildman–Crippen LogP) is 4.24. The highest BCUT2D eigenvalue weighted by Gasteiger charge is 2.17. The summed E-state index contributed by atoms with van der Waals surface area (Å²) < 4.78 is 0. The molecule has 1 amide bonds. The molecule has 0 saturated heterocycles. The van der Waals surface area contributed by atoms with Crippen LogP contribution in [0.1, 0.15) is 34.3 Å². The van der Waals surface area contributed by atoms with Gasteiger partial charge in [0, 0.05) is 21.5 Å². The summed E-state index contributed by atoms with van der Waals surface area (Å²) in [6, 6.07) is 12.6. The minimum absolute atomic E-state index is 0.0338. The molecule has 2 N–H and O–H groups in total. The highest BCUT2D eigenvalue weighted by Crippen LogP contribution is 2.33. The molecule has 19 heavy (non-hydrogen) atoms. The van der Waals surface area contributed by atoms with Gasteiger partial charge in [0.05, 0.1) is 0 Å². The Balaban J connectivity index is 2.50. The van der Waals surface area contributed by atoms with E-state index in [-0.39, 0.29) is 5.92 Å². The molecule has 0 bridgehead atoms. The van der Waals surface area contributed by atoms with Gasteiger partial charge in [0.15, 0.2) is 0 Å². The number of halogens is 2. The van der Waals surface area contributed by atoms with Crippen LogP contribution in [0, 0.1) is 0 Å². The van der Waals surface area contributed by atoms with Crippen molar-refractivity contribution in [2.24, 2.45) is 5.73 Å². The van der Waals surface area contributed by atoms with Crippen LogP contribution in [-0.2, 0) is 0 Å². The summed E-state index contributed by atoms with van der Waals surface area (Å²) in [5, 5.41) is 1.17. The lowest BCUT2D eigenvalue weighted by atomic mass is 9.89. The van der Waals surface area contributed by atoms with E-state index in [1.807, 2.05) is 25.1 Å². The number of amides is 1. The Morgan fingerprint density at radius 1 is 1.11 bits per heavy atom. The van der Waals surface area contributed by atoms with E-state index < -0.39 is 5.91 Å². The fraction of sp³-hybridized carbons (Fsp3) is 0.133. The van der Waals surface area contributed by atoms with Crippen LogP contribution in [0.15, 0.2) is 42.5 Å². The maximum Gasteiger partial charge on any atom is 0.248 e. The van der Waals surface area contributed by atoms with E-state index in [1.54, 1.807) is 24.3 Å². The fourth-order valence-corrected chi connectivity index (χ4v) is 2.69.